The number of hydrogen-bond donors (Lipinski definition) is 2. The van der Waals surface area contributed by atoms with Crippen LogP contribution in [0.5, 0.6) is 0 Å². The van der Waals surface area contributed by atoms with E-state index in [4.69, 9.17) is 0 Å². The summed E-state index contributed by atoms with van der Waals surface area (Å²) >= 11 is 0. The first-order chi connectivity index (χ1) is 10.6. The molecule has 2 aromatic carbocycles. The number of hydrogen-bond acceptors (Lipinski definition) is 1. The van der Waals surface area contributed by atoms with Crippen LogP contribution in [0, 0.1) is 19.7 Å². The smallest absolute Gasteiger partial charge is 0.191 e. The molecule has 2 rings (SSSR count). The molecule has 0 aromatic heterocycles. The fourth-order valence-corrected chi connectivity index (χ4v) is 2.28. The van der Waals surface area contributed by atoms with Crippen molar-refractivity contribution in [3.05, 3.63) is 70.5 Å². The van der Waals surface area contributed by atoms with Crippen LogP contribution in [0.2, 0.25) is 0 Å². The lowest BCUT2D eigenvalue weighted by Gasteiger charge is -2.13. The molecular weight excluding hydrogens is 277 g/mol. The summed E-state index contributed by atoms with van der Waals surface area (Å²) in [5, 5.41) is 6.46. The second-order valence-electron chi connectivity index (χ2n) is 5.34. The minimum absolute atomic E-state index is 0.225. The topological polar surface area (TPSA) is 36.4 Å². The van der Waals surface area contributed by atoms with Crippen LogP contribution in [-0.2, 0) is 13.1 Å². The average Bonchev–Trinajstić information content (AvgIpc) is 2.49. The minimum atomic E-state index is -0.225. The van der Waals surface area contributed by atoms with Gasteiger partial charge < -0.3 is 10.6 Å². The van der Waals surface area contributed by atoms with Gasteiger partial charge in [-0.2, -0.15) is 0 Å². The zero-order valence-electron chi connectivity index (χ0n) is 13.3. The molecule has 0 aliphatic rings. The summed E-state index contributed by atoms with van der Waals surface area (Å²) in [4.78, 5) is 4.19. The number of guanidine groups is 1. The highest BCUT2D eigenvalue weighted by Gasteiger charge is 2.02. The van der Waals surface area contributed by atoms with Crippen LogP contribution in [0.3, 0.4) is 0 Å². The summed E-state index contributed by atoms with van der Waals surface area (Å²) in [5.74, 6) is 0.474. The van der Waals surface area contributed by atoms with Crippen molar-refractivity contribution in [2.45, 2.75) is 26.9 Å². The molecule has 2 N–H and O–H groups in total. The van der Waals surface area contributed by atoms with Gasteiger partial charge in [-0.25, -0.2) is 4.39 Å². The summed E-state index contributed by atoms with van der Waals surface area (Å²) in [6.45, 7) is 5.43. The highest BCUT2D eigenvalue weighted by molar-refractivity contribution is 5.79. The molecule has 0 spiro atoms. The van der Waals surface area contributed by atoms with E-state index < -0.39 is 0 Å². The molecule has 116 valence electrons. The third-order valence-corrected chi connectivity index (χ3v) is 3.52. The van der Waals surface area contributed by atoms with E-state index in [9.17, 15) is 4.39 Å². The lowest BCUT2D eigenvalue weighted by atomic mass is 10.1. The van der Waals surface area contributed by atoms with E-state index in [1.807, 2.05) is 6.07 Å². The van der Waals surface area contributed by atoms with E-state index in [0.717, 1.165) is 5.56 Å². The van der Waals surface area contributed by atoms with E-state index >= 15 is 0 Å². The molecule has 0 saturated heterocycles. The Hall–Kier alpha value is -2.36. The highest BCUT2D eigenvalue weighted by Crippen LogP contribution is 2.10. The van der Waals surface area contributed by atoms with Crippen LogP contribution in [0.1, 0.15) is 22.3 Å². The monoisotopic (exact) mass is 299 g/mol. The lowest BCUT2D eigenvalue weighted by Crippen LogP contribution is -2.36. The molecule has 3 nitrogen and oxygen atoms in total. The quantitative estimate of drug-likeness (QED) is 0.671. The third-order valence-electron chi connectivity index (χ3n) is 3.52. The molecule has 0 bridgehead atoms. The van der Waals surface area contributed by atoms with E-state index in [-0.39, 0.29) is 5.82 Å². The van der Waals surface area contributed by atoms with E-state index in [1.54, 1.807) is 13.1 Å². The molecule has 4 heteroatoms. The predicted octanol–water partition coefficient (Wildman–Crippen LogP) is 3.31. The number of nitrogens with one attached hydrogen (secondary N) is 2. The molecule has 22 heavy (non-hydrogen) atoms. The maximum atomic E-state index is 13.1. The molecule has 0 amide bonds. The van der Waals surface area contributed by atoms with Gasteiger partial charge in [0.05, 0.1) is 0 Å². The maximum absolute atomic E-state index is 13.1. The second-order valence-corrected chi connectivity index (χ2v) is 5.34. The minimum Gasteiger partial charge on any atom is -0.352 e. The first-order valence-electron chi connectivity index (χ1n) is 7.33. The standard InChI is InChI=1S/C18H22FN3/c1-13-7-8-16(14(2)9-13)12-22-18(20-3)21-11-15-5-4-6-17(19)10-15/h4-10H,11-12H2,1-3H3,(H2,20,21,22). The largest absolute Gasteiger partial charge is 0.352 e. The first-order valence-corrected chi connectivity index (χ1v) is 7.33. The Morgan fingerprint density at radius 2 is 1.82 bits per heavy atom. The number of rotatable bonds is 4. The van der Waals surface area contributed by atoms with Gasteiger partial charge >= 0.3 is 0 Å². The number of aryl methyl sites for hydroxylation is 2. The molecule has 0 aliphatic heterocycles. The Balaban J connectivity index is 1.90. The number of benzene rings is 2. The number of aliphatic imine (C=N–C) groups is 1. The van der Waals surface area contributed by atoms with Gasteiger partial charge in [-0.1, -0.05) is 35.9 Å². The van der Waals surface area contributed by atoms with Gasteiger partial charge in [0.15, 0.2) is 5.96 Å². The van der Waals surface area contributed by atoms with Crippen LogP contribution in [-0.4, -0.2) is 13.0 Å². The second kappa shape index (κ2) is 7.59. The molecule has 0 saturated carbocycles. The van der Waals surface area contributed by atoms with Crippen molar-refractivity contribution in [2.24, 2.45) is 4.99 Å². The van der Waals surface area contributed by atoms with Gasteiger partial charge in [-0.05, 0) is 42.7 Å². The van der Waals surface area contributed by atoms with Crippen molar-refractivity contribution < 1.29 is 4.39 Å². The third kappa shape index (κ3) is 4.58. The zero-order valence-corrected chi connectivity index (χ0v) is 13.3. The van der Waals surface area contributed by atoms with Gasteiger partial charge in [0.2, 0.25) is 0 Å². The van der Waals surface area contributed by atoms with Crippen LogP contribution in [0.25, 0.3) is 0 Å². The van der Waals surface area contributed by atoms with E-state index in [2.05, 4.69) is 47.7 Å². The highest BCUT2D eigenvalue weighted by atomic mass is 19.1. The van der Waals surface area contributed by atoms with Gasteiger partial charge in [0.25, 0.3) is 0 Å². The van der Waals surface area contributed by atoms with Crippen LogP contribution in [0.4, 0.5) is 4.39 Å². The molecule has 0 unspecified atom stereocenters. The van der Waals surface area contributed by atoms with Crippen LogP contribution < -0.4 is 10.6 Å². The van der Waals surface area contributed by atoms with Crippen molar-refractivity contribution in [2.75, 3.05) is 7.05 Å². The van der Waals surface area contributed by atoms with Gasteiger partial charge in [0, 0.05) is 20.1 Å². The van der Waals surface area contributed by atoms with E-state index in [0.29, 0.717) is 19.0 Å². The van der Waals surface area contributed by atoms with Crippen LogP contribution >= 0.6 is 0 Å². The molecule has 0 radical (unpaired) electrons. The Kier molecular flexibility index (Phi) is 5.53. The van der Waals surface area contributed by atoms with Gasteiger partial charge in [-0.3, -0.25) is 4.99 Å². The predicted molar refractivity (Wildman–Crippen MR) is 89.4 cm³/mol. The summed E-state index contributed by atoms with van der Waals surface area (Å²) in [7, 11) is 1.73. The summed E-state index contributed by atoms with van der Waals surface area (Å²) in [6, 6.07) is 12.9. The SMILES string of the molecule is CN=C(NCc1cccc(F)c1)NCc1ccc(C)cc1C. The number of nitrogens with zero attached hydrogens (tertiary/aromatic N) is 1. The first kappa shape index (κ1) is 16.0. The Morgan fingerprint density at radius 3 is 2.50 bits per heavy atom. The zero-order chi connectivity index (χ0) is 15.9. The van der Waals surface area contributed by atoms with E-state index in [1.165, 1.54) is 28.8 Å². The van der Waals surface area contributed by atoms with Crippen molar-refractivity contribution in [1.82, 2.24) is 10.6 Å². The Labute approximate surface area is 131 Å². The molecule has 0 fully saturated rings. The maximum Gasteiger partial charge on any atom is 0.191 e. The Bertz CT molecular complexity index is 665. The van der Waals surface area contributed by atoms with Crippen molar-refractivity contribution >= 4 is 5.96 Å². The molecule has 0 heterocycles. The normalized spacial score (nSPS) is 11.4. The fraction of sp³-hybridized carbons (Fsp3) is 0.278. The summed E-state index contributed by atoms with van der Waals surface area (Å²) in [5.41, 5.74) is 4.64. The molecular formula is C18H22FN3. The fourth-order valence-electron chi connectivity index (χ4n) is 2.28. The van der Waals surface area contributed by atoms with Crippen molar-refractivity contribution in [3.8, 4) is 0 Å². The Morgan fingerprint density at radius 1 is 1.05 bits per heavy atom. The molecule has 0 atom stereocenters. The van der Waals surface area contributed by atoms with Gasteiger partial charge in [-0.15, -0.1) is 0 Å². The number of halogens is 1. The average molecular weight is 299 g/mol. The van der Waals surface area contributed by atoms with Crippen molar-refractivity contribution in [1.29, 1.82) is 0 Å². The van der Waals surface area contributed by atoms with Gasteiger partial charge in [0.1, 0.15) is 5.82 Å². The van der Waals surface area contributed by atoms with Crippen molar-refractivity contribution in [3.63, 3.8) is 0 Å². The summed E-state index contributed by atoms with van der Waals surface area (Å²) < 4.78 is 13.1. The lowest BCUT2D eigenvalue weighted by molar-refractivity contribution is 0.624. The molecule has 2 aromatic rings. The van der Waals surface area contributed by atoms with Crippen LogP contribution in [0.15, 0.2) is 47.5 Å². The molecule has 0 aliphatic carbocycles. The summed E-state index contributed by atoms with van der Waals surface area (Å²) in [6.07, 6.45) is 0.